The molecule has 0 bridgehead atoms. The van der Waals surface area contributed by atoms with Gasteiger partial charge in [0.05, 0.1) is 10.6 Å². The number of anilines is 1. The lowest BCUT2D eigenvalue weighted by atomic mass is 10.2. The Morgan fingerprint density at radius 1 is 1.04 bits per heavy atom. The van der Waals surface area contributed by atoms with Crippen LogP contribution in [0, 0.1) is 0 Å². The molecule has 0 unspecified atom stereocenters. The third-order valence-corrected chi connectivity index (χ3v) is 4.69. The van der Waals surface area contributed by atoms with Crippen LogP contribution < -0.4 is 5.32 Å². The van der Waals surface area contributed by atoms with Gasteiger partial charge in [-0.2, -0.15) is 0 Å². The number of ether oxygens (including phenoxy) is 1. The minimum Gasteiger partial charge on any atom is -0.461 e. The number of hydrogen-bond donors (Lipinski definition) is 1. The fourth-order valence-electron chi connectivity index (χ4n) is 2.57. The quantitative estimate of drug-likeness (QED) is 0.570. The Morgan fingerprint density at radius 2 is 1.64 bits per heavy atom. The highest BCUT2D eigenvalue weighted by Gasteiger charge is 2.13. The summed E-state index contributed by atoms with van der Waals surface area (Å²) in [6.07, 6.45) is 0. The van der Waals surface area contributed by atoms with Gasteiger partial charge in [0.1, 0.15) is 6.61 Å². The lowest BCUT2D eigenvalue weighted by Crippen LogP contribution is -2.28. The van der Waals surface area contributed by atoms with Gasteiger partial charge in [-0.3, -0.25) is 0 Å². The van der Waals surface area contributed by atoms with Crippen LogP contribution in [-0.4, -0.2) is 68.2 Å². The number of nitrogens with zero attached hydrogens (tertiary/aromatic N) is 2. The molecule has 0 aliphatic rings. The summed E-state index contributed by atoms with van der Waals surface area (Å²) in [5, 5.41) is 3.76. The highest BCUT2D eigenvalue weighted by atomic mass is 35.5. The number of esters is 1. The van der Waals surface area contributed by atoms with Crippen molar-refractivity contribution in [1.82, 2.24) is 9.80 Å². The molecule has 0 spiro atoms. The first-order valence-corrected chi connectivity index (χ1v) is 9.58. The van der Waals surface area contributed by atoms with E-state index >= 15 is 0 Å². The fourth-order valence-corrected chi connectivity index (χ4v) is 2.83. The standard InChI is InChI=1S/C19H32ClN3O2/c1-5-22(6-2)12-11-21-16-9-10-17(18(20)15-16)19(24)25-14-13-23(7-3)8-4/h9-10,15,21H,5-8,11-14H2,1-4H3. The average molecular weight is 370 g/mol. The Morgan fingerprint density at radius 3 is 2.20 bits per heavy atom. The summed E-state index contributed by atoms with van der Waals surface area (Å²) in [4.78, 5) is 16.7. The molecule has 0 atom stereocenters. The van der Waals surface area contributed by atoms with Gasteiger partial charge in [-0.05, 0) is 44.4 Å². The summed E-state index contributed by atoms with van der Waals surface area (Å²) in [6.45, 7) is 15.4. The van der Waals surface area contributed by atoms with Crippen LogP contribution in [0.25, 0.3) is 0 Å². The number of carbonyl (C=O) groups excluding carboxylic acids is 1. The molecule has 0 saturated carbocycles. The van der Waals surface area contributed by atoms with E-state index in [4.69, 9.17) is 16.3 Å². The van der Waals surface area contributed by atoms with E-state index in [0.29, 0.717) is 17.2 Å². The number of halogens is 1. The first-order valence-electron chi connectivity index (χ1n) is 9.20. The van der Waals surface area contributed by atoms with Crippen molar-refractivity contribution in [3.8, 4) is 0 Å². The van der Waals surface area contributed by atoms with Crippen LogP contribution in [0.2, 0.25) is 5.02 Å². The van der Waals surface area contributed by atoms with Crippen molar-refractivity contribution in [3.63, 3.8) is 0 Å². The van der Waals surface area contributed by atoms with Gasteiger partial charge in [0, 0.05) is 25.3 Å². The van der Waals surface area contributed by atoms with Crippen LogP contribution >= 0.6 is 11.6 Å². The first-order chi connectivity index (χ1) is 12.0. The normalized spacial score (nSPS) is 11.2. The van der Waals surface area contributed by atoms with Crippen LogP contribution in [0.4, 0.5) is 5.69 Å². The number of hydrogen-bond acceptors (Lipinski definition) is 5. The van der Waals surface area contributed by atoms with E-state index in [-0.39, 0.29) is 5.97 Å². The van der Waals surface area contributed by atoms with Crippen molar-refractivity contribution in [3.05, 3.63) is 28.8 Å². The van der Waals surface area contributed by atoms with Gasteiger partial charge in [-0.25, -0.2) is 4.79 Å². The fraction of sp³-hybridized carbons (Fsp3) is 0.632. The van der Waals surface area contributed by atoms with Crippen molar-refractivity contribution in [1.29, 1.82) is 0 Å². The maximum absolute atomic E-state index is 12.2. The van der Waals surface area contributed by atoms with Crippen molar-refractivity contribution in [2.75, 3.05) is 57.7 Å². The van der Waals surface area contributed by atoms with Crippen LogP contribution in [0.1, 0.15) is 38.1 Å². The van der Waals surface area contributed by atoms with Crippen molar-refractivity contribution in [2.45, 2.75) is 27.7 Å². The molecule has 0 aliphatic carbocycles. The van der Waals surface area contributed by atoms with Gasteiger partial charge < -0.3 is 19.9 Å². The zero-order valence-corrected chi connectivity index (χ0v) is 16.7. The Labute approximate surface area is 157 Å². The Hall–Kier alpha value is -1.30. The van der Waals surface area contributed by atoms with Crippen LogP contribution in [-0.2, 0) is 4.74 Å². The molecule has 1 N–H and O–H groups in total. The van der Waals surface area contributed by atoms with Gasteiger partial charge in [0.15, 0.2) is 0 Å². The Bertz CT molecular complexity index is 517. The smallest absolute Gasteiger partial charge is 0.339 e. The van der Waals surface area contributed by atoms with E-state index < -0.39 is 0 Å². The average Bonchev–Trinajstić information content (AvgIpc) is 2.62. The van der Waals surface area contributed by atoms with Crippen LogP contribution in [0.3, 0.4) is 0 Å². The third kappa shape index (κ3) is 7.63. The molecular weight excluding hydrogens is 338 g/mol. The predicted molar refractivity (Wildman–Crippen MR) is 106 cm³/mol. The number of benzene rings is 1. The predicted octanol–water partition coefficient (Wildman–Crippen LogP) is 3.59. The van der Waals surface area contributed by atoms with Gasteiger partial charge in [0.2, 0.25) is 0 Å². The van der Waals surface area contributed by atoms with E-state index in [1.807, 2.05) is 6.07 Å². The molecule has 1 aromatic rings. The zero-order valence-electron chi connectivity index (χ0n) is 16.0. The zero-order chi connectivity index (χ0) is 18.7. The van der Waals surface area contributed by atoms with E-state index in [9.17, 15) is 4.79 Å². The largest absolute Gasteiger partial charge is 0.461 e. The van der Waals surface area contributed by atoms with E-state index in [0.717, 1.165) is 51.5 Å². The van der Waals surface area contributed by atoms with Crippen molar-refractivity contribution < 1.29 is 9.53 Å². The first kappa shape index (κ1) is 21.7. The lowest BCUT2D eigenvalue weighted by molar-refractivity contribution is 0.0466. The van der Waals surface area contributed by atoms with Crippen LogP contribution in [0.5, 0.6) is 0 Å². The summed E-state index contributed by atoms with van der Waals surface area (Å²) < 4.78 is 5.33. The molecule has 1 aromatic carbocycles. The minimum absolute atomic E-state index is 0.369. The maximum atomic E-state index is 12.2. The number of rotatable bonds is 12. The molecular formula is C19H32ClN3O2. The molecule has 0 fully saturated rings. The van der Waals surface area contributed by atoms with Gasteiger partial charge in [-0.1, -0.05) is 39.3 Å². The summed E-state index contributed by atoms with van der Waals surface area (Å²) in [5.74, 6) is -0.369. The molecule has 6 heteroatoms. The Balaban J connectivity index is 2.50. The molecule has 142 valence electrons. The molecule has 0 amide bonds. The second-order valence-corrected chi connectivity index (χ2v) is 6.22. The SMILES string of the molecule is CCN(CC)CCNc1ccc(C(=O)OCCN(CC)CC)c(Cl)c1. The van der Waals surface area contributed by atoms with Gasteiger partial charge >= 0.3 is 5.97 Å². The summed E-state index contributed by atoms with van der Waals surface area (Å²) >= 11 is 6.25. The molecule has 1 rings (SSSR count). The van der Waals surface area contributed by atoms with E-state index in [1.54, 1.807) is 12.1 Å². The number of likely N-dealkylation sites (N-methyl/N-ethyl adjacent to an activating group) is 2. The Kier molecular flexibility index (Phi) is 10.5. The second kappa shape index (κ2) is 12.1. The van der Waals surface area contributed by atoms with Gasteiger partial charge in [-0.15, -0.1) is 0 Å². The highest BCUT2D eigenvalue weighted by molar-refractivity contribution is 6.33. The minimum atomic E-state index is -0.369. The van der Waals surface area contributed by atoms with Crippen LogP contribution in [0.15, 0.2) is 18.2 Å². The molecule has 5 nitrogen and oxygen atoms in total. The van der Waals surface area contributed by atoms with E-state index in [1.165, 1.54) is 0 Å². The number of carbonyl (C=O) groups is 1. The number of nitrogens with one attached hydrogen (secondary N) is 1. The van der Waals surface area contributed by atoms with Gasteiger partial charge in [0.25, 0.3) is 0 Å². The maximum Gasteiger partial charge on any atom is 0.339 e. The molecule has 25 heavy (non-hydrogen) atoms. The monoisotopic (exact) mass is 369 g/mol. The molecule has 0 aromatic heterocycles. The molecule has 0 saturated heterocycles. The molecule has 0 radical (unpaired) electrons. The lowest BCUT2D eigenvalue weighted by Gasteiger charge is -2.19. The highest BCUT2D eigenvalue weighted by Crippen LogP contribution is 2.21. The topological polar surface area (TPSA) is 44.8 Å². The molecule has 0 aliphatic heterocycles. The second-order valence-electron chi connectivity index (χ2n) is 5.81. The molecule has 0 heterocycles. The third-order valence-electron chi connectivity index (χ3n) is 4.38. The van der Waals surface area contributed by atoms with Crippen molar-refractivity contribution in [2.24, 2.45) is 0 Å². The van der Waals surface area contributed by atoms with Crippen molar-refractivity contribution >= 4 is 23.3 Å². The summed E-state index contributed by atoms with van der Waals surface area (Å²) in [7, 11) is 0. The summed E-state index contributed by atoms with van der Waals surface area (Å²) in [6, 6.07) is 5.38. The summed E-state index contributed by atoms with van der Waals surface area (Å²) in [5.41, 5.74) is 1.33. The van der Waals surface area contributed by atoms with E-state index in [2.05, 4.69) is 42.8 Å².